The maximum absolute atomic E-state index is 13.4. The number of amides is 1. The Morgan fingerprint density at radius 3 is 2.46 bits per heavy atom. The molecule has 3 aromatic carbocycles. The van der Waals surface area contributed by atoms with Gasteiger partial charge in [0.15, 0.2) is 0 Å². The number of aromatic nitrogens is 2. The average Bonchev–Trinajstić information content (AvgIpc) is 3.35. The zero-order valence-electron chi connectivity index (χ0n) is 21.2. The Kier molecular flexibility index (Phi) is 5.49. The highest BCUT2D eigenvalue weighted by molar-refractivity contribution is 6.08. The van der Waals surface area contributed by atoms with E-state index in [1.807, 2.05) is 80.4 Å². The number of nitrogens with zero attached hydrogens (tertiary/aromatic N) is 3. The smallest absolute Gasteiger partial charge is 0.255 e. The monoisotopic (exact) mass is 485 g/mol. The summed E-state index contributed by atoms with van der Waals surface area (Å²) in [7, 11) is 0. The van der Waals surface area contributed by atoms with Crippen molar-refractivity contribution in [1.82, 2.24) is 9.55 Å². The van der Waals surface area contributed by atoms with Crippen molar-refractivity contribution in [2.45, 2.75) is 27.2 Å². The molecule has 5 aromatic rings. The second-order valence-corrected chi connectivity index (χ2v) is 9.81. The summed E-state index contributed by atoms with van der Waals surface area (Å²) in [6.07, 6.45) is 2.62. The maximum atomic E-state index is 13.4. The predicted octanol–water partition coefficient (Wildman–Crippen LogP) is 6.45. The van der Waals surface area contributed by atoms with Gasteiger partial charge in [0.05, 0.1) is 16.7 Å². The first-order valence-electron chi connectivity index (χ1n) is 12.5. The van der Waals surface area contributed by atoms with E-state index >= 15 is 0 Å². The molecule has 0 aliphatic carbocycles. The van der Waals surface area contributed by atoms with E-state index in [2.05, 4.69) is 29.2 Å². The molecule has 0 N–H and O–H groups in total. The molecule has 6 rings (SSSR count). The first-order valence-corrected chi connectivity index (χ1v) is 12.5. The Balaban J connectivity index is 1.58. The van der Waals surface area contributed by atoms with Crippen LogP contribution in [0.4, 0.5) is 5.69 Å². The molecule has 1 amide bonds. The topological polar surface area (TPSA) is 55.2 Å². The van der Waals surface area contributed by atoms with Crippen LogP contribution in [-0.2, 0) is 11.2 Å². The molecule has 0 fully saturated rings. The van der Waals surface area contributed by atoms with Crippen molar-refractivity contribution < 1.29 is 4.79 Å². The predicted molar refractivity (Wildman–Crippen MR) is 150 cm³/mol. The lowest BCUT2D eigenvalue weighted by molar-refractivity contribution is -0.115. The van der Waals surface area contributed by atoms with Gasteiger partial charge in [-0.3, -0.25) is 19.1 Å². The van der Waals surface area contributed by atoms with Crippen LogP contribution in [-0.4, -0.2) is 22.0 Å². The van der Waals surface area contributed by atoms with Crippen molar-refractivity contribution in [2.24, 2.45) is 0 Å². The van der Waals surface area contributed by atoms with E-state index in [0.29, 0.717) is 6.54 Å². The van der Waals surface area contributed by atoms with Crippen molar-refractivity contribution in [3.05, 3.63) is 112 Å². The highest BCUT2D eigenvalue weighted by Gasteiger charge is 2.26. The fourth-order valence-electron chi connectivity index (χ4n) is 5.11. The summed E-state index contributed by atoms with van der Waals surface area (Å²) in [5.74, 6) is 0.0170. The molecule has 37 heavy (non-hydrogen) atoms. The molecule has 1 aliphatic heterocycles. The summed E-state index contributed by atoms with van der Waals surface area (Å²) in [5, 5.41) is 1.79. The minimum atomic E-state index is -0.124. The Labute approximate surface area is 215 Å². The average molecular weight is 486 g/mol. The number of rotatable bonds is 3. The van der Waals surface area contributed by atoms with Gasteiger partial charge in [-0.05, 0) is 74.2 Å². The van der Waals surface area contributed by atoms with Crippen LogP contribution in [0.2, 0.25) is 0 Å². The van der Waals surface area contributed by atoms with Crippen molar-refractivity contribution in [2.75, 3.05) is 11.4 Å². The molecule has 1 aliphatic rings. The Morgan fingerprint density at radius 1 is 0.865 bits per heavy atom. The van der Waals surface area contributed by atoms with Crippen LogP contribution in [0.25, 0.3) is 38.6 Å². The van der Waals surface area contributed by atoms with Crippen LogP contribution in [0.5, 0.6) is 0 Å². The number of carbonyl (C=O) groups excluding carboxylic acids is 1. The molecule has 0 spiro atoms. The Morgan fingerprint density at radius 2 is 1.68 bits per heavy atom. The van der Waals surface area contributed by atoms with E-state index < -0.39 is 0 Å². The third-order valence-corrected chi connectivity index (χ3v) is 7.36. The normalized spacial score (nSPS) is 12.7. The molecule has 5 nitrogen and oxygen atoms in total. The van der Waals surface area contributed by atoms with E-state index in [0.717, 1.165) is 67.4 Å². The molecule has 5 heteroatoms. The number of carbonyl (C=O) groups is 1. The molecule has 0 saturated carbocycles. The van der Waals surface area contributed by atoms with E-state index in [-0.39, 0.29) is 11.5 Å². The Hall–Kier alpha value is -4.51. The standard InChI is InChI=1S/C32H27N3O2/c1-20(2)21(3)32(37)34-16-15-23-9-12-26(18-29(23)34)35-30(36)14-11-25-19-33-28-13-10-24(17-27(28)31(25)35)22-7-5-4-6-8-22/h4-14,17-19H,15-16H2,1-3H3. The second kappa shape index (κ2) is 8.86. The van der Waals surface area contributed by atoms with Gasteiger partial charge >= 0.3 is 0 Å². The van der Waals surface area contributed by atoms with Gasteiger partial charge in [-0.15, -0.1) is 0 Å². The summed E-state index contributed by atoms with van der Waals surface area (Å²) in [4.78, 5) is 33.1. The van der Waals surface area contributed by atoms with Gasteiger partial charge in [-0.1, -0.05) is 48.0 Å². The SMILES string of the molecule is CC(C)=C(C)C(=O)N1CCc2ccc(-n3c(=O)ccc4cnc5ccc(-c6ccccc6)cc5c43)cc21. The largest absolute Gasteiger partial charge is 0.308 e. The second-order valence-electron chi connectivity index (χ2n) is 9.81. The van der Waals surface area contributed by atoms with Gasteiger partial charge in [-0.25, -0.2) is 0 Å². The van der Waals surface area contributed by atoms with Crippen LogP contribution < -0.4 is 10.5 Å². The van der Waals surface area contributed by atoms with E-state index in [9.17, 15) is 9.59 Å². The van der Waals surface area contributed by atoms with E-state index in [1.54, 1.807) is 10.6 Å². The van der Waals surface area contributed by atoms with Crippen LogP contribution in [0.1, 0.15) is 26.3 Å². The highest BCUT2D eigenvalue weighted by Crippen LogP contribution is 2.34. The van der Waals surface area contributed by atoms with Crippen molar-refractivity contribution in [1.29, 1.82) is 0 Å². The third kappa shape index (κ3) is 3.84. The molecule has 182 valence electrons. The zero-order chi connectivity index (χ0) is 25.7. The number of hydrogen-bond donors (Lipinski definition) is 0. The summed E-state index contributed by atoms with van der Waals surface area (Å²) < 4.78 is 1.75. The van der Waals surface area contributed by atoms with Crippen molar-refractivity contribution >= 4 is 33.4 Å². The molecule has 0 radical (unpaired) electrons. The van der Waals surface area contributed by atoms with Gasteiger partial charge in [0.1, 0.15) is 0 Å². The summed E-state index contributed by atoms with van der Waals surface area (Å²) in [5.41, 5.74) is 8.17. The van der Waals surface area contributed by atoms with Gasteiger partial charge in [0.25, 0.3) is 11.5 Å². The lowest BCUT2D eigenvalue weighted by Gasteiger charge is -2.20. The fraction of sp³-hybridized carbons (Fsp3) is 0.156. The Bertz CT molecular complexity index is 1790. The maximum Gasteiger partial charge on any atom is 0.255 e. The molecular weight excluding hydrogens is 458 g/mol. The van der Waals surface area contributed by atoms with Gasteiger partial charge in [-0.2, -0.15) is 0 Å². The molecular formula is C32H27N3O2. The molecule has 3 heterocycles. The summed E-state index contributed by atoms with van der Waals surface area (Å²) >= 11 is 0. The molecule has 0 atom stereocenters. The van der Waals surface area contributed by atoms with E-state index in [1.165, 1.54) is 0 Å². The molecule has 0 unspecified atom stereocenters. The fourth-order valence-corrected chi connectivity index (χ4v) is 5.11. The summed E-state index contributed by atoms with van der Waals surface area (Å²) in [6.45, 7) is 6.43. The number of hydrogen-bond acceptors (Lipinski definition) is 3. The molecule has 0 saturated heterocycles. The van der Waals surface area contributed by atoms with Gasteiger partial charge in [0, 0.05) is 40.8 Å². The number of benzene rings is 3. The van der Waals surface area contributed by atoms with Crippen molar-refractivity contribution in [3.8, 4) is 16.8 Å². The minimum absolute atomic E-state index is 0.0170. The third-order valence-electron chi connectivity index (χ3n) is 7.36. The lowest BCUT2D eigenvalue weighted by atomic mass is 10.0. The molecule has 2 aromatic heterocycles. The first kappa shape index (κ1) is 22.9. The number of anilines is 1. The number of fused-ring (bicyclic) bond motifs is 4. The van der Waals surface area contributed by atoms with Crippen LogP contribution in [0.15, 0.2) is 101 Å². The van der Waals surface area contributed by atoms with Crippen LogP contribution >= 0.6 is 0 Å². The highest BCUT2D eigenvalue weighted by atomic mass is 16.2. The van der Waals surface area contributed by atoms with E-state index in [4.69, 9.17) is 0 Å². The quantitative estimate of drug-likeness (QED) is 0.218. The van der Waals surface area contributed by atoms with Gasteiger partial charge < -0.3 is 4.90 Å². The first-order chi connectivity index (χ1) is 17.9. The van der Waals surface area contributed by atoms with Crippen LogP contribution in [0, 0.1) is 0 Å². The molecule has 0 bridgehead atoms. The van der Waals surface area contributed by atoms with Crippen molar-refractivity contribution in [3.63, 3.8) is 0 Å². The lowest BCUT2D eigenvalue weighted by Crippen LogP contribution is -2.30. The number of pyridine rings is 2. The zero-order valence-corrected chi connectivity index (χ0v) is 21.2. The number of allylic oxidation sites excluding steroid dienone is 1. The summed E-state index contributed by atoms with van der Waals surface area (Å²) in [6, 6.07) is 25.8. The minimum Gasteiger partial charge on any atom is -0.308 e. The van der Waals surface area contributed by atoms with Crippen LogP contribution in [0.3, 0.4) is 0 Å². The van der Waals surface area contributed by atoms with Gasteiger partial charge in [0.2, 0.25) is 0 Å².